The van der Waals surface area contributed by atoms with Crippen LogP contribution < -0.4 is 10.6 Å². The first kappa shape index (κ1) is 27.4. The molecule has 4 N–H and O–H groups in total. The maximum absolute atomic E-state index is 13.8. The number of carbonyl (C=O) groups is 1. The quantitative estimate of drug-likeness (QED) is 0.239. The number of aliphatic hydroxyl groups is 1. The Labute approximate surface area is 223 Å². The summed E-state index contributed by atoms with van der Waals surface area (Å²) in [6, 6.07) is 14.8. The number of rotatable bonds is 10. The number of fused-ring (bicyclic) bond motifs is 1. The summed E-state index contributed by atoms with van der Waals surface area (Å²) < 4.78 is 27.7. The van der Waals surface area contributed by atoms with Crippen molar-refractivity contribution < 1.29 is 23.8 Å². The van der Waals surface area contributed by atoms with Gasteiger partial charge in [0, 0.05) is 24.5 Å². The number of aliphatic hydroxyl groups excluding tert-OH is 1. The van der Waals surface area contributed by atoms with Gasteiger partial charge in [-0.15, -0.1) is 10.2 Å². The van der Waals surface area contributed by atoms with Crippen LogP contribution in [-0.2, 0) is 19.4 Å². The maximum Gasteiger partial charge on any atom is 0.276 e. The molecule has 1 heterocycles. The van der Waals surface area contributed by atoms with Crippen LogP contribution in [0.2, 0.25) is 5.02 Å². The molecule has 7 nitrogen and oxygen atoms in total. The van der Waals surface area contributed by atoms with E-state index in [2.05, 4.69) is 33.8 Å². The third-order valence-electron chi connectivity index (χ3n) is 6.17. The summed E-state index contributed by atoms with van der Waals surface area (Å²) in [7, 11) is 0. The molecule has 0 spiro atoms. The fourth-order valence-electron chi connectivity index (χ4n) is 4.20. The van der Waals surface area contributed by atoms with Gasteiger partial charge in [0.25, 0.3) is 5.91 Å². The van der Waals surface area contributed by atoms with Crippen molar-refractivity contribution in [3.05, 3.63) is 99.7 Å². The van der Waals surface area contributed by atoms with Crippen LogP contribution in [0.25, 0.3) is 10.9 Å². The zero-order valence-corrected chi connectivity index (χ0v) is 21.3. The van der Waals surface area contributed by atoms with Crippen molar-refractivity contribution in [2.24, 2.45) is 0 Å². The van der Waals surface area contributed by atoms with Crippen molar-refractivity contribution in [3.63, 3.8) is 0 Å². The molecule has 0 bridgehead atoms. The van der Waals surface area contributed by atoms with E-state index >= 15 is 0 Å². The fourth-order valence-corrected chi connectivity index (χ4v) is 4.42. The van der Waals surface area contributed by atoms with Crippen molar-refractivity contribution in [3.8, 4) is 5.75 Å². The number of aryl methyl sites for hydroxylation is 1. The number of benzene rings is 3. The summed E-state index contributed by atoms with van der Waals surface area (Å²) in [4.78, 5) is 13.1. The largest absolute Gasteiger partial charge is 0.505 e. The predicted molar refractivity (Wildman–Crippen MR) is 141 cm³/mol. The molecule has 4 rings (SSSR count). The smallest absolute Gasteiger partial charge is 0.276 e. The number of halogens is 3. The molecule has 4 aromatic rings. The molecular weight excluding hydrogens is 514 g/mol. The SMILES string of the molecule is CCc1cccc(CNC[C@@H](O)[C@H](Cc2cc(F)cc(F)c2)NC(=O)c2nnc3c(Cl)cccc3c2O)c1. The minimum absolute atomic E-state index is 0.0735. The van der Waals surface area contributed by atoms with Crippen LogP contribution in [0, 0.1) is 11.6 Å². The lowest BCUT2D eigenvalue weighted by Gasteiger charge is -2.25. The molecule has 0 aliphatic heterocycles. The number of aromatic hydroxyl groups is 1. The lowest BCUT2D eigenvalue weighted by atomic mass is 10.00. The maximum atomic E-state index is 13.8. The molecule has 0 saturated heterocycles. The molecule has 0 saturated carbocycles. The number of carbonyl (C=O) groups excluding carboxylic acids is 1. The second-order valence-electron chi connectivity index (χ2n) is 8.97. The van der Waals surface area contributed by atoms with Crippen LogP contribution in [0.1, 0.15) is 34.1 Å². The van der Waals surface area contributed by atoms with Gasteiger partial charge in [-0.1, -0.05) is 48.9 Å². The highest BCUT2D eigenvalue weighted by molar-refractivity contribution is 6.35. The molecule has 0 unspecified atom stereocenters. The number of nitrogens with zero attached hydrogens (tertiary/aromatic N) is 2. The van der Waals surface area contributed by atoms with Crippen LogP contribution in [0.15, 0.2) is 60.7 Å². The van der Waals surface area contributed by atoms with E-state index in [1.807, 2.05) is 18.2 Å². The van der Waals surface area contributed by atoms with Crippen molar-refractivity contribution in [2.75, 3.05) is 6.54 Å². The topological polar surface area (TPSA) is 107 Å². The first-order chi connectivity index (χ1) is 18.2. The number of amides is 1. The Morgan fingerprint density at radius 2 is 1.71 bits per heavy atom. The summed E-state index contributed by atoms with van der Waals surface area (Å²) in [5.41, 5.74) is 2.31. The lowest BCUT2D eigenvalue weighted by Crippen LogP contribution is -2.49. The average molecular weight is 541 g/mol. The van der Waals surface area contributed by atoms with Gasteiger partial charge in [-0.2, -0.15) is 0 Å². The van der Waals surface area contributed by atoms with Gasteiger partial charge >= 0.3 is 0 Å². The highest BCUT2D eigenvalue weighted by Gasteiger charge is 2.26. The lowest BCUT2D eigenvalue weighted by molar-refractivity contribution is 0.0822. The van der Waals surface area contributed by atoms with Crippen LogP contribution in [-0.4, -0.2) is 45.0 Å². The first-order valence-corrected chi connectivity index (χ1v) is 12.5. The highest BCUT2D eigenvalue weighted by atomic mass is 35.5. The van der Waals surface area contributed by atoms with E-state index < -0.39 is 35.4 Å². The number of hydrogen-bond acceptors (Lipinski definition) is 6. The summed E-state index contributed by atoms with van der Waals surface area (Å²) in [6.07, 6.45) is -0.335. The highest BCUT2D eigenvalue weighted by Crippen LogP contribution is 2.29. The Balaban J connectivity index is 1.53. The van der Waals surface area contributed by atoms with Crippen molar-refractivity contribution >= 4 is 28.4 Å². The zero-order valence-electron chi connectivity index (χ0n) is 20.6. The van der Waals surface area contributed by atoms with E-state index in [0.29, 0.717) is 6.54 Å². The number of aromatic nitrogens is 2. The second-order valence-corrected chi connectivity index (χ2v) is 9.37. The third kappa shape index (κ3) is 6.61. The monoisotopic (exact) mass is 540 g/mol. The molecule has 0 fully saturated rings. The minimum Gasteiger partial charge on any atom is -0.505 e. The summed E-state index contributed by atoms with van der Waals surface area (Å²) >= 11 is 6.10. The van der Waals surface area contributed by atoms with Crippen LogP contribution in [0.3, 0.4) is 0 Å². The molecule has 0 aliphatic carbocycles. The van der Waals surface area contributed by atoms with E-state index in [0.717, 1.165) is 30.2 Å². The van der Waals surface area contributed by atoms with Crippen molar-refractivity contribution in [2.45, 2.75) is 38.5 Å². The molecular formula is C28H27ClF2N4O3. The van der Waals surface area contributed by atoms with E-state index in [1.165, 1.54) is 5.56 Å². The Bertz CT molecular complexity index is 1430. The Hall–Kier alpha value is -3.66. The van der Waals surface area contributed by atoms with E-state index in [-0.39, 0.29) is 40.1 Å². The Morgan fingerprint density at radius 1 is 1.00 bits per heavy atom. The van der Waals surface area contributed by atoms with Crippen molar-refractivity contribution in [1.29, 1.82) is 0 Å². The molecule has 38 heavy (non-hydrogen) atoms. The molecule has 1 aromatic heterocycles. The molecule has 3 aromatic carbocycles. The first-order valence-electron chi connectivity index (χ1n) is 12.1. The van der Waals surface area contributed by atoms with Gasteiger partial charge in [-0.3, -0.25) is 4.79 Å². The van der Waals surface area contributed by atoms with Gasteiger partial charge in [0.2, 0.25) is 0 Å². The second kappa shape index (κ2) is 12.3. The number of nitrogens with one attached hydrogen (secondary N) is 2. The Kier molecular flexibility index (Phi) is 8.83. The molecule has 0 aliphatic rings. The van der Waals surface area contributed by atoms with Gasteiger partial charge in [0.05, 0.1) is 17.2 Å². The van der Waals surface area contributed by atoms with E-state index in [1.54, 1.807) is 18.2 Å². The number of hydrogen-bond donors (Lipinski definition) is 4. The summed E-state index contributed by atoms with van der Waals surface area (Å²) in [5.74, 6) is -2.78. The molecule has 198 valence electrons. The molecule has 2 atom stereocenters. The van der Waals surface area contributed by atoms with Crippen molar-refractivity contribution in [1.82, 2.24) is 20.8 Å². The zero-order chi connectivity index (χ0) is 27.2. The van der Waals surface area contributed by atoms with Gasteiger partial charge in [0.1, 0.15) is 17.2 Å². The van der Waals surface area contributed by atoms with Gasteiger partial charge in [-0.25, -0.2) is 8.78 Å². The minimum atomic E-state index is -1.15. The predicted octanol–water partition coefficient (Wildman–Crippen LogP) is 4.32. The fraction of sp³-hybridized carbons (Fsp3) is 0.250. The van der Waals surface area contributed by atoms with E-state index in [4.69, 9.17) is 11.6 Å². The van der Waals surface area contributed by atoms with E-state index in [9.17, 15) is 23.8 Å². The standard InChI is InChI=1S/C28H27ClF2N4O3/c1-2-16-5-3-6-17(9-16)14-32-15-24(36)23(12-18-10-19(30)13-20(31)11-18)33-28(38)26-27(37)21-7-4-8-22(29)25(21)34-35-26/h3-11,13,23-24,32,36H,2,12,14-15H2,1H3,(H,33,38)(H,34,37)/t23-,24+/m0/s1. The van der Waals surface area contributed by atoms with Gasteiger partial charge in [0.15, 0.2) is 11.4 Å². The van der Waals surface area contributed by atoms with Gasteiger partial charge in [-0.05, 0) is 53.8 Å². The summed E-state index contributed by atoms with van der Waals surface area (Å²) in [6.45, 7) is 2.60. The van der Waals surface area contributed by atoms with Crippen LogP contribution >= 0.6 is 11.6 Å². The molecule has 0 radical (unpaired) electrons. The summed E-state index contributed by atoms with van der Waals surface area (Å²) in [5, 5.41) is 35.7. The van der Waals surface area contributed by atoms with Gasteiger partial charge < -0.3 is 20.8 Å². The molecule has 1 amide bonds. The third-order valence-corrected chi connectivity index (χ3v) is 6.48. The normalized spacial score (nSPS) is 12.9. The Morgan fingerprint density at radius 3 is 2.45 bits per heavy atom. The average Bonchev–Trinajstić information content (AvgIpc) is 2.88. The van der Waals surface area contributed by atoms with Crippen LogP contribution in [0.5, 0.6) is 5.75 Å². The van der Waals surface area contributed by atoms with Crippen LogP contribution in [0.4, 0.5) is 8.78 Å². The molecule has 10 heteroatoms.